The first-order valence-electron chi connectivity index (χ1n) is 5.55. The zero-order valence-corrected chi connectivity index (χ0v) is 12.2. The van der Waals surface area contributed by atoms with E-state index in [4.69, 9.17) is 15.2 Å². The van der Waals surface area contributed by atoms with Gasteiger partial charge in [0.05, 0.1) is 7.11 Å². The minimum Gasteiger partial charge on any atom is -0.493 e. The molecule has 0 aliphatic rings. The summed E-state index contributed by atoms with van der Waals surface area (Å²) in [5.74, 6) is 1.55. The van der Waals surface area contributed by atoms with E-state index in [1.54, 1.807) is 7.11 Å². The van der Waals surface area contributed by atoms with Crippen LogP contribution in [-0.2, 0) is 0 Å². The second-order valence-electron chi connectivity index (χ2n) is 3.39. The van der Waals surface area contributed by atoms with Gasteiger partial charge in [-0.2, -0.15) is 0 Å². The summed E-state index contributed by atoms with van der Waals surface area (Å²) in [4.78, 5) is 0. The summed E-state index contributed by atoms with van der Waals surface area (Å²) in [6.07, 6.45) is 0.995. The monoisotopic (exact) mass is 296 g/mol. The first-order chi connectivity index (χ1) is 7.88. The lowest BCUT2D eigenvalue weighted by atomic mass is 10.3. The fraction of sp³-hybridized carbons (Fsp3) is 0.500. The maximum atomic E-state index is 5.59. The molecule has 0 aliphatic carbocycles. The molecule has 1 aromatic rings. The Labute approximate surface area is 121 Å². The Morgan fingerprint density at radius 3 is 2.39 bits per heavy atom. The normalized spacial score (nSPS) is 9.00. The van der Waals surface area contributed by atoms with E-state index >= 15 is 0 Å². The van der Waals surface area contributed by atoms with Crippen LogP contribution in [0.25, 0.3) is 0 Å². The average Bonchev–Trinajstić information content (AvgIpc) is 2.34. The van der Waals surface area contributed by atoms with Gasteiger partial charge in [-0.1, -0.05) is 12.1 Å². The van der Waals surface area contributed by atoms with Gasteiger partial charge in [-0.3, -0.25) is 0 Å². The van der Waals surface area contributed by atoms with Crippen LogP contribution in [0, 0.1) is 0 Å². The summed E-state index contributed by atoms with van der Waals surface area (Å²) in [7, 11) is 1.64. The van der Waals surface area contributed by atoms with Gasteiger partial charge in [0.2, 0.25) is 0 Å². The summed E-state index contributed by atoms with van der Waals surface area (Å²) >= 11 is 0. The molecule has 0 amide bonds. The number of rotatable bonds is 8. The standard InChI is InChI=1S/C12H20N2O2.2ClH/c1-15-11-5-2-3-6-12(11)16-10-9-14-8-4-7-13;;/h2-3,5-6,14H,4,7-10,13H2,1H3;2*1H. The van der Waals surface area contributed by atoms with Crippen molar-refractivity contribution in [2.75, 3.05) is 33.4 Å². The van der Waals surface area contributed by atoms with Gasteiger partial charge in [-0.15, -0.1) is 24.8 Å². The van der Waals surface area contributed by atoms with Gasteiger partial charge in [0, 0.05) is 6.54 Å². The lowest BCUT2D eigenvalue weighted by Gasteiger charge is -2.10. The number of benzene rings is 1. The summed E-state index contributed by atoms with van der Waals surface area (Å²) < 4.78 is 10.8. The first-order valence-corrected chi connectivity index (χ1v) is 5.55. The quantitative estimate of drug-likeness (QED) is 0.719. The number of halogens is 2. The van der Waals surface area contributed by atoms with Crippen LogP contribution in [0.2, 0.25) is 0 Å². The summed E-state index contributed by atoms with van der Waals surface area (Å²) in [6.45, 7) is 3.11. The van der Waals surface area contributed by atoms with E-state index in [9.17, 15) is 0 Å². The van der Waals surface area contributed by atoms with E-state index in [0.717, 1.165) is 37.6 Å². The third kappa shape index (κ3) is 7.61. The van der Waals surface area contributed by atoms with Gasteiger partial charge in [0.1, 0.15) is 6.61 Å². The van der Waals surface area contributed by atoms with Crippen LogP contribution in [0.3, 0.4) is 0 Å². The van der Waals surface area contributed by atoms with Crippen molar-refractivity contribution in [3.05, 3.63) is 24.3 Å². The molecule has 1 rings (SSSR count). The fourth-order valence-corrected chi connectivity index (χ4v) is 1.32. The van der Waals surface area contributed by atoms with Gasteiger partial charge < -0.3 is 20.5 Å². The number of hydrogen-bond donors (Lipinski definition) is 2. The zero-order chi connectivity index (χ0) is 11.6. The van der Waals surface area contributed by atoms with Crippen LogP contribution in [0.5, 0.6) is 11.5 Å². The molecule has 18 heavy (non-hydrogen) atoms. The third-order valence-electron chi connectivity index (χ3n) is 2.16. The molecule has 0 bridgehead atoms. The van der Waals surface area contributed by atoms with Crippen LogP contribution in [0.4, 0.5) is 0 Å². The molecule has 0 aliphatic heterocycles. The molecule has 1 aromatic carbocycles. The predicted molar refractivity (Wildman–Crippen MR) is 79.5 cm³/mol. The molecular weight excluding hydrogens is 275 g/mol. The van der Waals surface area contributed by atoms with E-state index in [1.807, 2.05) is 24.3 Å². The van der Waals surface area contributed by atoms with E-state index in [1.165, 1.54) is 0 Å². The minimum absolute atomic E-state index is 0. The number of para-hydroxylation sites is 2. The van der Waals surface area contributed by atoms with Crippen molar-refractivity contribution in [1.29, 1.82) is 0 Å². The summed E-state index contributed by atoms with van der Waals surface area (Å²) in [5.41, 5.74) is 5.38. The van der Waals surface area contributed by atoms with Crippen LogP contribution in [-0.4, -0.2) is 33.4 Å². The molecule has 106 valence electrons. The molecule has 0 spiro atoms. The first kappa shape index (κ1) is 19.7. The smallest absolute Gasteiger partial charge is 0.161 e. The maximum Gasteiger partial charge on any atom is 0.161 e. The minimum atomic E-state index is 0. The van der Waals surface area contributed by atoms with Gasteiger partial charge >= 0.3 is 0 Å². The fourth-order valence-electron chi connectivity index (χ4n) is 1.32. The Bertz CT molecular complexity index is 301. The molecule has 0 unspecified atom stereocenters. The van der Waals surface area contributed by atoms with Gasteiger partial charge in [-0.25, -0.2) is 0 Å². The van der Waals surface area contributed by atoms with Crippen LogP contribution in [0.1, 0.15) is 6.42 Å². The molecule has 0 saturated heterocycles. The molecule has 0 atom stereocenters. The third-order valence-corrected chi connectivity index (χ3v) is 2.16. The molecule has 0 saturated carbocycles. The van der Waals surface area contributed by atoms with Gasteiger partial charge in [0.25, 0.3) is 0 Å². The Balaban J connectivity index is 0. The van der Waals surface area contributed by atoms with Crippen molar-refractivity contribution in [2.45, 2.75) is 6.42 Å². The predicted octanol–water partition coefficient (Wildman–Crippen LogP) is 1.86. The van der Waals surface area contributed by atoms with E-state index in [0.29, 0.717) is 6.61 Å². The Kier molecular flexibility index (Phi) is 13.9. The average molecular weight is 297 g/mol. The van der Waals surface area contributed by atoms with Crippen molar-refractivity contribution in [1.82, 2.24) is 5.32 Å². The Morgan fingerprint density at radius 2 is 1.78 bits per heavy atom. The summed E-state index contributed by atoms with van der Waals surface area (Å²) in [5, 5.41) is 3.25. The second-order valence-corrected chi connectivity index (χ2v) is 3.39. The Morgan fingerprint density at radius 1 is 1.11 bits per heavy atom. The summed E-state index contributed by atoms with van der Waals surface area (Å²) in [6, 6.07) is 7.64. The van der Waals surface area contributed by atoms with Crippen LogP contribution >= 0.6 is 24.8 Å². The van der Waals surface area contributed by atoms with Gasteiger partial charge in [-0.05, 0) is 31.6 Å². The van der Waals surface area contributed by atoms with Crippen molar-refractivity contribution >= 4 is 24.8 Å². The number of hydrogen-bond acceptors (Lipinski definition) is 4. The lowest BCUT2D eigenvalue weighted by molar-refractivity contribution is 0.292. The van der Waals surface area contributed by atoms with Crippen molar-refractivity contribution in [3.63, 3.8) is 0 Å². The maximum absolute atomic E-state index is 5.59. The number of nitrogens with two attached hydrogens (primary N) is 1. The number of methoxy groups -OCH3 is 1. The molecule has 3 N–H and O–H groups in total. The molecule has 0 radical (unpaired) electrons. The molecule has 4 nitrogen and oxygen atoms in total. The zero-order valence-electron chi connectivity index (χ0n) is 10.6. The van der Waals surface area contributed by atoms with Crippen molar-refractivity contribution in [3.8, 4) is 11.5 Å². The van der Waals surface area contributed by atoms with E-state index in [2.05, 4.69) is 5.32 Å². The highest BCUT2D eigenvalue weighted by Gasteiger charge is 2.01. The SMILES string of the molecule is COc1ccccc1OCCNCCCN.Cl.Cl. The molecule has 0 heterocycles. The number of ether oxygens (including phenoxy) is 2. The molecular formula is C12H22Cl2N2O2. The van der Waals surface area contributed by atoms with Crippen molar-refractivity contribution < 1.29 is 9.47 Å². The van der Waals surface area contributed by atoms with E-state index in [-0.39, 0.29) is 24.8 Å². The van der Waals surface area contributed by atoms with Crippen LogP contribution < -0.4 is 20.5 Å². The highest BCUT2D eigenvalue weighted by atomic mass is 35.5. The molecule has 0 aromatic heterocycles. The number of nitrogens with one attached hydrogen (secondary N) is 1. The largest absolute Gasteiger partial charge is 0.493 e. The molecule has 0 fully saturated rings. The van der Waals surface area contributed by atoms with E-state index < -0.39 is 0 Å². The molecule has 6 heteroatoms. The second kappa shape index (κ2) is 12.8. The van der Waals surface area contributed by atoms with Gasteiger partial charge in [0.15, 0.2) is 11.5 Å². The van der Waals surface area contributed by atoms with Crippen molar-refractivity contribution in [2.24, 2.45) is 5.73 Å². The highest BCUT2D eigenvalue weighted by Crippen LogP contribution is 2.25. The lowest BCUT2D eigenvalue weighted by Crippen LogP contribution is -2.23. The van der Waals surface area contributed by atoms with Crippen LogP contribution in [0.15, 0.2) is 24.3 Å². The topological polar surface area (TPSA) is 56.5 Å². The Hall–Kier alpha value is -0.680. The highest BCUT2D eigenvalue weighted by molar-refractivity contribution is 5.85.